The highest BCUT2D eigenvalue weighted by Crippen LogP contribution is 2.20. The summed E-state index contributed by atoms with van der Waals surface area (Å²) >= 11 is 0. The van der Waals surface area contributed by atoms with Crippen LogP contribution in [0.2, 0.25) is 0 Å². The van der Waals surface area contributed by atoms with E-state index in [2.05, 4.69) is 13.8 Å². The summed E-state index contributed by atoms with van der Waals surface area (Å²) in [5.74, 6) is 0. The predicted molar refractivity (Wildman–Crippen MR) is 120 cm³/mol. The molecular formula is C23H48O4S. The molecule has 0 aliphatic heterocycles. The van der Waals surface area contributed by atoms with Gasteiger partial charge in [0.2, 0.25) is 0 Å². The molecule has 4 nitrogen and oxygen atoms in total. The number of aliphatic hydroxyl groups is 1. The molecule has 2 unspecified atom stereocenters. The summed E-state index contributed by atoms with van der Waals surface area (Å²) in [7, 11) is -4.18. The second-order valence-corrected chi connectivity index (χ2v) is 10.1. The van der Waals surface area contributed by atoms with Crippen molar-refractivity contribution < 1.29 is 18.1 Å². The second-order valence-electron chi connectivity index (χ2n) is 8.50. The molecule has 28 heavy (non-hydrogen) atoms. The van der Waals surface area contributed by atoms with Crippen molar-refractivity contribution in [2.45, 2.75) is 147 Å². The van der Waals surface area contributed by atoms with E-state index < -0.39 is 21.5 Å². The van der Waals surface area contributed by atoms with Crippen LogP contribution in [0.5, 0.6) is 0 Å². The minimum absolute atomic E-state index is 0.368. The van der Waals surface area contributed by atoms with E-state index in [1.807, 2.05) is 0 Å². The van der Waals surface area contributed by atoms with Gasteiger partial charge < -0.3 is 5.11 Å². The third-order valence-corrected chi connectivity index (χ3v) is 7.07. The molecule has 0 aromatic carbocycles. The maximum atomic E-state index is 11.7. The number of hydrogen-bond donors (Lipinski definition) is 2. The maximum absolute atomic E-state index is 11.7. The van der Waals surface area contributed by atoms with Crippen LogP contribution in [0.25, 0.3) is 0 Å². The molecule has 0 rings (SSSR count). The van der Waals surface area contributed by atoms with Crippen molar-refractivity contribution in [2.24, 2.45) is 0 Å². The second kappa shape index (κ2) is 18.9. The highest BCUT2D eigenvalue weighted by atomic mass is 32.2. The largest absolute Gasteiger partial charge is 0.392 e. The minimum atomic E-state index is -4.18. The van der Waals surface area contributed by atoms with Crippen molar-refractivity contribution >= 4 is 10.1 Å². The summed E-state index contributed by atoms with van der Waals surface area (Å²) < 4.78 is 32.8. The van der Waals surface area contributed by atoms with Crippen molar-refractivity contribution in [1.82, 2.24) is 0 Å². The first-order chi connectivity index (χ1) is 13.4. The smallest absolute Gasteiger partial charge is 0.270 e. The van der Waals surface area contributed by atoms with Gasteiger partial charge in [-0.25, -0.2) is 0 Å². The molecule has 0 aromatic rings. The molecule has 0 aliphatic rings. The highest BCUT2D eigenvalue weighted by Gasteiger charge is 2.29. The van der Waals surface area contributed by atoms with Gasteiger partial charge in [-0.3, -0.25) is 4.55 Å². The van der Waals surface area contributed by atoms with Gasteiger partial charge in [0.25, 0.3) is 10.1 Å². The maximum Gasteiger partial charge on any atom is 0.270 e. The summed E-state index contributed by atoms with van der Waals surface area (Å²) in [6.07, 6.45) is 19.7. The lowest BCUT2D eigenvalue weighted by Gasteiger charge is -2.20. The first-order valence-electron chi connectivity index (χ1n) is 12.1. The van der Waals surface area contributed by atoms with Gasteiger partial charge in [-0.05, 0) is 12.8 Å². The molecule has 2 atom stereocenters. The van der Waals surface area contributed by atoms with Crippen molar-refractivity contribution in [3.63, 3.8) is 0 Å². The molecule has 0 bridgehead atoms. The summed E-state index contributed by atoms with van der Waals surface area (Å²) in [4.78, 5) is 0. The van der Waals surface area contributed by atoms with Crippen LogP contribution in [0.4, 0.5) is 0 Å². The number of unbranched alkanes of at least 4 members (excludes halogenated alkanes) is 15. The van der Waals surface area contributed by atoms with Crippen LogP contribution < -0.4 is 0 Å². The summed E-state index contributed by atoms with van der Waals surface area (Å²) in [6.45, 7) is 4.42. The Hall–Kier alpha value is -0.130. The van der Waals surface area contributed by atoms with E-state index in [4.69, 9.17) is 0 Å². The Bertz CT molecular complexity index is 422. The Labute approximate surface area is 175 Å². The fourth-order valence-corrected chi connectivity index (χ4v) is 4.87. The quantitative estimate of drug-likeness (QED) is 0.154. The lowest BCUT2D eigenvalue weighted by atomic mass is 10.0. The Morgan fingerprint density at radius 1 is 0.571 bits per heavy atom. The molecule has 5 heteroatoms. The van der Waals surface area contributed by atoms with Gasteiger partial charge in [-0.15, -0.1) is 0 Å². The monoisotopic (exact) mass is 420 g/mol. The summed E-state index contributed by atoms with van der Waals surface area (Å²) in [5.41, 5.74) is 0. The SMILES string of the molecule is CCCCCCCCCCCCC(C(O)CCCCCCCCC)S(=O)(=O)O. The van der Waals surface area contributed by atoms with Crippen LogP contribution in [-0.2, 0) is 10.1 Å². The topological polar surface area (TPSA) is 74.6 Å². The van der Waals surface area contributed by atoms with Gasteiger partial charge in [0.1, 0.15) is 5.25 Å². The lowest BCUT2D eigenvalue weighted by molar-refractivity contribution is 0.146. The molecule has 0 fully saturated rings. The molecule has 0 aromatic heterocycles. The van der Waals surface area contributed by atoms with E-state index in [1.54, 1.807) is 0 Å². The van der Waals surface area contributed by atoms with Crippen molar-refractivity contribution in [1.29, 1.82) is 0 Å². The third-order valence-electron chi connectivity index (χ3n) is 5.76. The van der Waals surface area contributed by atoms with Gasteiger partial charge in [0.15, 0.2) is 0 Å². The van der Waals surface area contributed by atoms with Crippen molar-refractivity contribution in [3.8, 4) is 0 Å². The lowest BCUT2D eigenvalue weighted by Crippen LogP contribution is -2.33. The first-order valence-corrected chi connectivity index (χ1v) is 13.6. The number of aliphatic hydroxyl groups excluding tert-OH is 1. The molecule has 0 amide bonds. The normalized spacial score (nSPS) is 14.3. The van der Waals surface area contributed by atoms with Crippen molar-refractivity contribution in [2.75, 3.05) is 0 Å². The van der Waals surface area contributed by atoms with E-state index in [0.29, 0.717) is 12.8 Å². The predicted octanol–water partition coefficient (Wildman–Crippen LogP) is 7.06. The van der Waals surface area contributed by atoms with E-state index in [0.717, 1.165) is 38.5 Å². The Morgan fingerprint density at radius 2 is 0.893 bits per heavy atom. The fourth-order valence-electron chi connectivity index (χ4n) is 3.87. The van der Waals surface area contributed by atoms with Gasteiger partial charge >= 0.3 is 0 Å². The van der Waals surface area contributed by atoms with Gasteiger partial charge in [0, 0.05) is 0 Å². The molecule has 0 aliphatic carbocycles. The molecule has 0 radical (unpaired) electrons. The van der Waals surface area contributed by atoms with E-state index in [9.17, 15) is 18.1 Å². The fraction of sp³-hybridized carbons (Fsp3) is 1.00. The van der Waals surface area contributed by atoms with Crippen LogP contribution in [0.15, 0.2) is 0 Å². The molecule has 0 spiro atoms. The molecule has 0 saturated heterocycles. The molecule has 2 N–H and O–H groups in total. The molecule has 0 heterocycles. The highest BCUT2D eigenvalue weighted by molar-refractivity contribution is 7.86. The zero-order valence-corrected chi connectivity index (χ0v) is 19.5. The summed E-state index contributed by atoms with van der Waals surface area (Å²) in [5, 5.41) is 9.28. The average Bonchev–Trinajstić information content (AvgIpc) is 2.64. The van der Waals surface area contributed by atoms with Crippen LogP contribution >= 0.6 is 0 Å². The number of hydrogen-bond acceptors (Lipinski definition) is 3. The number of rotatable bonds is 21. The standard InChI is InChI=1S/C23H48O4S/c1-3-5-7-9-11-12-13-15-17-19-21-23(28(25,26)27)22(24)20-18-16-14-10-8-6-4-2/h22-24H,3-21H2,1-2H3,(H,25,26,27). The average molecular weight is 421 g/mol. The molecular weight excluding hydrogens is 372 g/mol. The first kappa shape index (κ1) is 27.9. The zero-order chi connectivity index (χ0) is 21.1. The van der Waals surface area contributed by atoms with Crippen LogP contribution in [0.1, 0.15) is 136 Å². The molecule has 170 valence electrons. The van der Waals surface area contributed by atoms with Gasteiger partial charge in [-0.1, -0.05) is 123 Å². The zero-order valence-electron chi connectivity index (χ0n) is 18.7. The van der Waals surface area contributed by atoms with Crippen molar-refractivity contribution in [3.05, 3.63) is 0 Å². The van der Waals surface area contributed by atoms with Crippen LogP contribution in [0.3, 0.4) is 0 Å². The van der Waals surface area contributed by atoms with Crippen LogP contribution in [0, 0.1) is 0 Å². The van der Waals surface area contributed by atoms with E-state index in [-0.39, 0.29) is 0 Å². The van der Waals surface area contributed by atoms with Crippen LogP contribution in [-0.4, -0.2) is 29.4 Å². The van der Waals surface area contributed by atoms with Gasteiger partial charge in [-0.2, -0.15) is 8.42 Å². The Balaban J connectivity index is 3.87. The minimum Gasteiger partial charge on any atom is -0.392 e. The Kier molecular flexibility index (Phi) is 18.8. The van der Waals surface area contributed by atoms with Gasteiger partial charge in [0.05, 0.1) is 6.10 Å². The van der Waals surface area contributed by atoms with E-state index >= 15 is 0 Å². The third kappa shape index (κ3) is 16.8. The Morgan fingerprint density at radius 3 is 1.25 bits per heavy atom. The van der Waals surface area contributed by atoms with E-state index in [1.165, 1.54) is 70.6 Å². The molecule has 0 saturated carbocycles. The summed E-state index contributed by atoms with van der Waals surface area (Å²) in [6, 6.07) is 0.